The highest BCUT2D eigenvalue weighted by molar-refractivity contribution is 5.78. The van der Waals surface area contributed by atoms with Crippen molar-refractivity contribution >= 4 is 6.08 Å². The second kappa shape index (κ2) is 3.76. The lowest BCUT2D eigenvalue weighted by Gasteiger charge is -1.93. The van der Waals surface area contributed by atoms with Gasteiger partial charge in [0.25, 0.3) is 0 Å². The Morgan fingerprint density at radius 2 is 1.86 bits per heavy atom. The summed E-state index contributed by atoms with van der Waals surface area (Å²) in [6.45, 7) is 0. The van der Waals surface area contributed by atoms with Gasteiger partial charge in [0, 0.05) is 6.08 Å². The summed E-state index contributed by atoms with van der Waals surface area (Å²) in [4.78, 5) is 0. The quantitative estimate of drug-likeness (QED) is 0.616. The third-order valence-electron chi connectivity index (χ3n) is 2.16. The molecule has 66 valence electrons. The standard InChI is InChI=1S/C13H9N/c14-10-4-6-12-9-8-11-5-2-1-3-7-13(11)12/h1-9H/b6-4+. The molecule has 0 aromatic heterocycles. The number of nitriles is 1. The van der Waals surface area contributed by atoms with Gasteiger partial charge < -0.3 is 0 Å². The van der Waals surface area contributed by atoms with Crippen molar-refractivity contribution in [1.29, 1.82) is 5.26 Å². The highest BCUT2D eigenvalue weighted by atomic mass is 14.2. The number of allylic oxidation sites excluding steroid dienone is 1. The van der Waals surface area contributed by atoms with Gasteiger partial charge in [0.15, 0.2) is 0 Å². The highest BCUT2D eigenvalue weighted by Crippen LogP contribution is 2.27. The van der Waals surface area contributed by atoms with Crippen LogP contribution in [0, 0.1) is 11.3 Å². The van der Waals surface area contributed by atoms with E-state index in [0.29, 0.717) is 0 Å². The first-order valence-electron chi connectivity index (χ1n) is 4.46. The predicted molar refractivity (Wildman–Crippen MR) is 57.7 cm³/mol. The molecule has 0 atom stereocenters. The van der Waals surface area contributed by atoms with Gasteiger partial charge >= 0.3 is 0 Å². The van der Waals surface area contributed by atoms with Crippen molar-refractivity contribution in [3.8, 4) is 17.2 Å². The van der Waals surface area contributed by atoms with Gasteiger partial charge in [0.05, 0.1) is 6.07 Å². The number of rotatable bonds is 1. The van der Waals surface area contributed by atoms with Crippen molar-refractivity contribution in [1.82, 2.24) is 0 Å². The lowest BCUT2D eigenvalue weighted by molar-refractivity contribution is 1.54. The minimum absolute atomic E-state index is 1.10. The largest absolute Gasteiger partial charge is 0.193 e. The number of hydrogen-bond acceptors (Lipinski definition) is 1. The molecule has 0 saturated heterocycles. The Kier molecular flexibility index (Phi) is 2.29. The minimum Gasteiger partial charge on any atom is -0.193 e. The first-order chi connectivity index (χ1) is 6.92. The van der Waals surface area contributed by atoms with Crippen molar-refractivity contribution in [2.24, 2.45) is 0 Å². The Labute approximate surface area is 83.3 Å². The van der Waals surface area contributed by atoms with Crippen LogP contribution in [0.5, 0.6) is 0 Å². The zero-order valence-corrected chi connectivity index (χ0v) is 7.64. The highest BCUT2D eigenvalue weighted by Gasteiger charge is 2.03. The molecule has 0 unspecified atom stereocenters. The fraction of sp³-hybridized carbons (Fsp3) is 0. The van der Waals surface area contributed by atoms with E-state index in [1.165, 1.54) is 17.2 Å². The molecule has 0 N–H and O–H groups in total. The molecule has 0 aliphatic heterocycles. The van der Waals surface area contributed by atoms with E-state index in [0.717, 1.165) is 5.56 Å². The van der Waals surface area contributed by atoms with Crippen LogP contribution in [0.4, 0.5) is 0 Å². The maximum atomic E-state index is 8.45. The summed E-state index contributed by atoms with van der Waals surface area (Å²) < 4.78 is 0. The molecular formula is C13H9N. The average molecular weight is 179 g/mol. The zero-order chi connectivity index (χ0) is 9.80. The maximum Gasteiger partial charge on any atom is 0.0912 e. The first kappa shape index (κ1) is 8.52. The molecule has 2 aliphatic rings. The van der Waals surface area contributed by atoms with Gasteiger partial charge in [0.2, 0.25) is 0 Å². The van der Waals surface area contributed by atoms with Gasteiger partial charge in [0.1, 0.15) is 0 Å². The van der Waals surface area contributed by atoms with Crippen LogP contribution in [0.3, 0.4) is 0 Å². The van der Waals surface area contributed by atoms with E-state index in [9.17, 15) is 0 Å². The molecule has 2 aliphatic carbocycles. The Hall–Kier alpha value is -2.07. The van der Waals surface area contributed by atoms with Crippen LogP contribution in [0.1, 0.15) is 5.56 Å². The fourth-order valence-electron chi connectivity index (χ4n) is 1.51. The third kappa shape index (κ3) is 1.51. The Morgan fingerprint density at radius 3 is 2.71 bits per heavy atom. The smallest absolute Gasteiger partial charge is 0.0912 e. The Balaban J connectivity index is 2.54. The lowest BCUT2D eigenvalue weighted by Crippen LogP contribution is -1.69. The molecule has 0 radical (unpaired) electrons. The number of hydrogen-bond donors (Lipinski definition) is 0. The van der Waals surface area contributed by atoms with E-state index in [-0.39, 0.29) is 0 Å². The van der Waals surface area contributed by atoms with Crippen molar-refractivity contribution in [3.63, 3.8) is 0 Å². The lowest BCUT2D eigenvalue weighted by atomic mass is 10.1. The van der Waals surface area contributed by atoms with E-state index in [4.69, 9.17) is 5.26 Å². The Morgan fingerprint density at radius 1 is 1.00 bits per heavy atom. The summed E-state index contributed by atoms with van der Waals surface area (Å²) in [6, 6.07) is 16.2. The van der Waals surface area contributed by atoms with Crippen LogP contribution in [-0.2, 0) is 0 Å². The molecule has 0 aromatic rings. The molecule has 0 bridgehead atoms. The number of fused-ring (bicyclic) bond motifs is 1. The van der Waals surface area contributed by atoms with Crippen LogP contribution >= 0.6 is 0 Å². The van der Waals surface area contributed by atoms with Gasteiger partial charge in [-0.15, -0.1) is 0 Å². The molecule has 1 heteroatoms. The van der Waals surface area contributed by atoms with Gasteiger partial charge in [-0.3, -0.25) is 0 Å². The number of nitrogens with zero attached hydrogens (tertiary/aromatic N) is 1. The molecule has 14 heavy (non-hydrogen) atoms. The van der Waals surface area contributed by atoms with Crippen molar-refractivity contribution in [3.05, 3.63) is 54.1 Å². The summed E-state index contributed by atoms with van der Waals surface area (Å²) in [7, 11) is 0. The predicted octanol–water partition coefficient (Wildman–Crippen LogP) is 3.33. The molecule has 0 heterocycles. The van der Waals surface area contributed by atoms with E-state index >= 15 is 0 Å². The second-order valence-electron chi connectivity index (χ2n) is 3.03. The summed E-state index contributed by atoms with van der Waals surface area (Å²) in [5.74, 6) is 0. The molecule has 0 fully saturated rings. The third-order valence-corrected chi connectivity index (χ3v) is 2.16. The average Bonchev–Trinajstić information content (AvgIpc) is 2.45. The molecule has 0 saturated carbocycles. The monoisotopic (exact) mass is 179 g/mol. The Bertz CT molecular complexity index is 477. The second-order valence-corrected chi connectivity index (χ2v) is 3.03. The van der Waals surface area contributed by atoms with Crippen LogP contribution in [0.15, 0.2) is 48.5 Å². The minimum atomic E-state index is 1.10. The molecule has 2 rings (SSSR count). The molecule has 0 aromatic carbocycles. The van der Waals surface area contributed by atoms with Gasteiger partial charge in [-0.05, 0) is 22.8 Å². The van der Waals surface area contributed by atoms with Crippen LogP contribution in [-0.4, -0.2) is 0 Å². The zero-order valence-electron chi connectivity index (χ0n) is 7.64. The van der Waals surface area contributed by atoms with E-state index in [1.54, 1.807) is 0 Å². The maximum absolute atomic E-state index is 8.45. The normalized spacial score (nSPS) is 10.5. The summed E-state index contributed by atoms with van der Waals surface area (Å²) >= 11 is 0. The van der Waals surface area contributed by atoms with Crippen LogP contribution in [0.25, 0.3) is 17.2 Å². The topological polar surface area (TPSA) is 23.8 Å². The van der Waals surface area contributed by atoms with Gasteiger partial charge in [-0.2, -0.15) is 5.26 Å². The summed E-state index contributed by atoms with van der Waals surface area (Å²) in [5, 5.41) is 8.45. The van der Waals surface area contributed by atoms with E-state index < -0.39 is 0 Å². The van der Waals surface area contributed by atoms with Crippen molar-refractivity contribution < 1.29 is 0 Å². The van der Waals surface area contributed by atoms with Gasteiger partial charge in [-0.25, -0.2) is 0 Å². The van der Waals surface area contributed by atoms with Crippen molar-refractivity contribution in [2.45, 2.75) is 0 Å². The van der Waals surface area contributed by atoms with Gasteiger partial charge in [-0.1, -0.05) is 42.5 Å². The van der Waals surface area contributed by atoms with Crippen LogP contribution < -0.4 is 0 Å². The molecular weight excluding hydrogens is 170 g/mol. The van der Waals surface area contributed by atoms with Crippen molar-refractivity contribution in [2.75, 3.05) is 0 Å². The van der Waals surface area contributed by atoms with Crippen LogP contribution in [0.2, 0.25) is 0 Å². The first-order valence-corrected chi connectivity index (χ1v) is 4.46. The SMILES string of the molecule is N#C/C=C/c1ccc2cccccc1-2. The molecule has 1 nitrogen and oxygen atoms in total. The molecule has 0 spiro atoms. The van der Waals surface area contributed by atoms with E-state index in [1.807, 2.05) is 36.4 Å². The molecule has 0 amide bonds. The fourth-order valence-corrected chi connectivity index (χ4v) is 1.51. The summed E-state index contributed by atoms with van der Waals surface area (Å²) in [5.41, 5.74) is 3.48. The van der Waals surface area contributed by atoms with E-state index in [2.05, 4.69) is 18.2 Å². The summed E-state index contributed by atoms with van der Waals surface area (Å²) in [6.07, 6.45) is 3.34.